The van der Waals surface area contributed by atoms with E-state index in [0.29, 0.717) is 22.1 Å². The van der Waals surface area contributed by atoms with E-state index >= 15 is 0 Å². The molecule has 0 unspecified atom stereocenters. The van der Waals surface area contributed by atoms with Crippen molar-refractivity contribution < 1.29 is 28.6 Å². The van der Waals surface area contributed by atoms with Gasteiger partial charge in [-0.1, -0.05) is 6.42 Å². The van der Waals surface area contributed by atoms with E-state index in [1.54, 1.807) is 0 Å². The summed E-state index contributed by atoms with van der Waals surface area (Å²) in [5.41, 5.74) is 6.19. The maximum atomic E-state index is 12.5. The van der Waals surface area contributed by atoms with Crippen molar-refractivity contribution in [3.63, 3.8) is 0 Å². The third kappa shape index (κ3) is 5.50. The summed E-state index contributed by atoms with van der Waals surface area (Å²) in [5.74, 6) is -0.429. The van der Waals surface area contributed by atoms with Gasteiger partial charge in [-0.2, -0.15) is 0 Å². The van der Waals surface area contributed by atoms with Crippen molar-refractivity contribution in [2.24, 2.45) is 0 Å². The van der Waals surface area contributed by atoms with Gasteiger partial charge >= 0.3 is 0 Å². The molecule has 1 aliphatic rings. The molecule has 0 aliphatic heterocycles. The fraction of sp³-hybridized carbons (Fsp3) is 0.409. The van der Waals surface area contributed by atoms with Gasteiger partial charge < -0.3 is 19.5 Å². The van der Waals surface area contributed by atoms with Crippen LogP contribution in [0.25, 0.3) is 0 Å². The summed E-state index contributed by atoms with van der Waals surface area (Å²) in [5, 5.41) is 2.50. The Bertz CT molecular complexity index is 955. The minimum absolute atomic E-state index is 0.233. The third-order valence-corrected chi connectivity index (χ3v) is 6.36. The standard InChI is InChI=1S/C22H27N3O6S/c1-29-15-9-14(10-16(30-2)20(15)31-3)21(27)23-12-19(26)24-25-22(28)18-11-13-7-5-4-6-8-17(13)32-18/h9-11H,4-8,12H2,1-3H3,(H,23,27)(H,24,26)(H,25,28). The van der Waals surface area contributed by atoms with Gasteiger partial charge in [0.25, 0.3) is 17.7 Å². The summed E-state index contributed by atoms with van der Waals surface area (Å²) in [6.45, 7) is -0.323. The lowest BCUT2D eigenvalue weighted by Crippen LogP contribution is -2.46. The van der Waals surface area contributed by atoms with Crippen LogP contribution in [0.1, 0.15) is 49.7 Å². The van der Waals surface area contributed by atoms with Crippen molar-refractivity contribution in [2.45, 2.75) is 32.1 Å². The Morgan fingerprint density at radius 2 is 1.56 bits per heavy atom. The highest BCUT2D eigenvalue weighted by Gasteiger charge is 2.19. The molecule has 0 saturated heterocycles. The summed E-state index contributed by atoms with van der Waals surface area (Å²) >= 11 is 1.47. The van der Waals surface area contributed by atoms with Crippen LogP contribution >= 0.6 is 11.3 Å². The first kappa shape index (κ1) is 23.4. The highest BCUT2D eigenvalue weighted by Crippen LogP contribution is 2.38. The molecule has 1 aromatic carbocycles. The normalized spacial score (nSPS) is 12.7. The molecular weight excluding hydrogens is 434 g/mol. The van der Waals surface area contributed by atoms with Crippen molar-refractivity contribution in [2.75, 3.05) is 27.9 Å². The van der Waals surface area contributed by atoms with Gasteiger partial charge in [0, 0.05) is 10.4 Å². The van der Waals surface area contributed by atoms with Crippen molar-refractivity contribution in [3.8, 4) is 17.2 Å². The zero-order valence-corrected chi connectivity index (χ0v) is 19.1. The van der Waals surface area contributed by atoms with Crippen LogP contribution in [0.4, 0.5) is 0 Å². The molecule has 1 heterocycles. The number of fused-ring (bicyclic) bond motifs is 1. The lowest BCUT2D eigenvalue weighted by atomic mass is 10.1. The first-order chi connectivity index (χ1) is 15.5. The fourth-order valence-corrected chi connectivity index (χ4v) is 4.64. The van der Waals surface area contributed by atoms with Crippen molar-refractivity contribution in [3.05, 3.63) is 39.1 Å². The Morgan fingerprint density at radius 3 is 2.22 bits per heavy atom. The van der Waals surface area contributed by atoms with Gasteiger partial charge in [0.05, 0.1) is 32.8 Å². The largest absolute Gasteiger partial charge is 0.493 e. The highest BCUT2D eigenvalue weighted by molar-refractivity contribution is 7.14. The quantitative estimate of drug-likeness (QED) is 0.430. The number of hydrazine groups is 1. The third-order valence-electron chi connectivity index (χ3n) is 5.12. The summed E-state index contributed by atoms with van der Waals surface area (Å²) in [7, 11) is 4.35. The number of thiophene rings is 1. The van der Waals surface area contributed by atoms with Gasteiger partial charge in [-0.25, -0.2) is 0 Å². The number of nitrogens with one attached hydrogen (secondary N) is 3. The molecule has 1 aliphatic carbocycles. The minimum Gasteiger partial charge on any atom is -0.493 e. The van der Waals surface area contributed by atoms with E-state index in [-0.39, 0.29) is 18.0 Å². The highest BCUT2D eigenvalue weighted by atomic mass is 32.1. The number of benzene rings is 1. The van der Waals surface area contributed by atoms with Crippen LogP contribution in [-0.2, 0) is 17.6 Å². The van der Waals surface area contributed by atoms with Gasteiger partial charge in [0.2, 0.25) is 5.75 Å². The minimum atomic E-state index is -0.558. The van der Waals surface area contributed by atoms with Crippen molar-refractivity contribution in [1.82, 2.24) is 16.2 Å². The Morgan fingerprint density at radius 1 is 0.875 bits per heavy atom. The first-order valence-electron chi connectivity index (χ1n) is 10.3. The Balaban J connectivity index is 1.52. The first-order valence-corrected chi connectivity index (χ1v) is 11.1. The number of carbonyl (C=O) groups excluding carboxylic acids is 3. The molecule has 0 fully saturated rings. The van der Waals surface area contributed by atoms with E-state index in [2.05, 4.69) is 16.2 Å². The lowest BCUT2D eigenvalue weighted by Gasteiger charge is -2.14. The van der Waals surface area contributed by atoms with Crippen LogP contribution in [0, 0.1) is 0 Å². The second-order valence-corrected chi connectivity index (χ2v) is 8.36. The molecule has 0 saturated carbocycles. The maximum Gasteiger partial charge on any atom is 0.279 e. The Labute approximate surface area is 190 Å². The molecule has 9 nitrogen and oxygen atoms in total. The zero-order chi connectivity index (χ0) is 23.1. The number of ether oxygens (including phenoxy) is 3. The molecule has 172 valence electrons. The van der Waals surface area contributed by atoms with E-state index in [0.717, 1.165) is 25.7 Å². The van der Waals surface area contributed by atoms with Gasteiger partial charge in [0.1, 0.15) is 0 Å². The number of hydrogen-bond acceptors (Lipinski definition) is 7. The molecular formula is C22H27N3O6S. The number of hydrogen-bond donors (Lipinski definition) is 3. The molecule has 3 rings (SSSR count). The summed E-state index contributed by atoms with van der Waals surface area (Å²) in [4.78, 5) is 38.7. The second-order valence-electron chi connectivity index (χ2n) is 7.22. The van der Waals surface area contributed by atoms with Crippen LogP contribution in [0.5, 0.6) is 17.2 Å². The number of rotatable bonds is 7. The smallest absolute Gasteiger partial charge is 0.279 e. The van der Waals surface area contributed by atoms with Crippen LogP contribution in [0.2, 0.25) is 0 Å². The molecule has 32 heavy (non-hydrogen) atoms. The fourth-order valence-electron chi connectivity index (χ4n) is 3.49. The van der Waals surface area contributed by atoms with E-state index in [4.69, 9.17) is 14.2 Å². The number of aryl methyl sites for hydroxylation is 2. The monoisotopic (exact) mass is 461 g/mol. The summed E-state index contributed by atoms with van der Waals surface area (Å²) in [6, 6.07) is 4.87. The lowest BCUT2D eigenvalue weighted by molar-refractivity contribution is -0.120. The predicted molar refractivity (Wildman–Crippen MR) is 120 cm³/mol. The van der Waals surface area contributed by atoms with Crippen molar-refractivity contribution in [1.29, 1.82) is 0 Å². The van der Waals surface area contributed by atoms with Gasteiger partial charge in [-0.15, -0.1) is 11.3 Å². The van der Waals surface area contributed by atoms with Crippen LogP contribution < -0.4 is 30.4 Å². The maximum absolute atomic E-state index is 12.5. The molecule has 2 aromatic rings. The molecule has 1 aromatic heterocycles. The van der Waals surface area contributed by atoms with Crippen LogP contribution in [0.15, 0.2) is 18.2 Å². The molecule has 3 amide bonds. The van der Waals surface area contributed by atoms with Gasteiger partial charge in [-0.05, 0) is 49.4 Å². The summed E-state index contributed by atoms with van der Waals surface area (Å²) in [6.07, 6.45) is 5.45. The second kappa shape index (κ2) is 10.9. The zero-order valence-electron chi connectivity index (χ0n) is 18.3. The average molecular weight is 462 g/mol. The van der Waals surface area contributed by atoms with Crippen LogP contribution in [0.3, 0.4) is 0 Å². The molecule has 3 N–H and O–H groups in total. The number of amides is 3. The topological polar surface area (TPSA) is 115 Å². The van der Waals surface area contributed by atoms with E-state index in [1.807, 2.05) is 6.07 Å². The SMILES string of the molecule is COc1cc(C(=O)NCC(=O)NNC(=O)c2cc3c(s2)CCCCC3)cc(OC)c1OC. The molecule has 0 radical (unpaired) electrons. The average Bonchev–Trinajstić information content (AvgIpc) is 3.10. The van der Waals surface area contributed by atoms with Crippen molar-refractivity contribution >= 4 is 29.1 Å². The predicted octanol–water partition coefficient (Wildman–Crippen LogP) is 2.23. The number of methoxy groups -OCH3 is 3. The molecule has 10 heteroatoms. The molecule has 0 bridgehead atoms. The Kier molecular flexibility index (Phi) is 7.93. The van der Waals surface area contributed by atoms with E-state index < -0.39 is 11.8 Å². The van der Waals surface area contributed by atoms with E-state index in [9.17, 15) is 14.4 Å². The Hall–Kier alpha value is -3.27. The molecule has 0 spiro atoms. The van der Waals surface area contributed by atoms with E-state index in [1.165, 1.54) is 61.7 Å². The van der Waals surface area contributed by atoms with Gasteiger partial charge in [0.15, 0.2) is 11.5 Å². The molecule has 0 atom stereocenters. The van der Waals surface area contributed by atoms with Crippen LogP contribution in [-0.4, -0.2) is 45.6 Å². The summed E-state index contributed by atoms with van der Waals surface area (Å²) < 4.78 is 15.7. The van der Waals surface area contributed by atoms with Gasteiger partial charge in [-0.3, -0.25) is 25.2 Å². The number of carbonyl (C=O) groups is 3.